The van der Waals surface area contributed by atoms with Crippen LogP contribution in [0.4, 0.5) is 0 Å². The summed E-state index contributed by atoms with van der Waals surface area (Å²) in [6.07, 6.45) is 1.95. The second-order valence-corrected chi connectivity index (χ2v) is 6.28. The van der Waals surface area contributed by atoms with Crippen molar-refractivity contribution in [2.45, 2.75) is 19.8 Å². The molecule has 0 aromatic carbocycles. The Bertz CT molecular complexity index is 811. The number of aromatic nitrogens is 3. The first-order valence-electron chi connectivity index (χ1n) is 6.87. The molecule has 112 valence electrons. The van der Waals surface area contributed by atoms with Gasteiger partial charge < -0.3 is 9.88 Å². The predicted molar refractivity (Wildman–Crippen MR) is 79.8 cm³/mol. The highest BCUT2D eigenvalue weighted by molar-refractivity contribution is 7.09. The molecule has 1 amide bonds. The molecule has 0 atom stereocenters. The number of nitrogens with zero attached hydrogens (tertiary/aromatic N) is 3. The van der Waals surface area contributed by atoms with Crippen molar-refractivity contribution in [3.05, 3.63) is 25.7 Å². The van der Waals surface area contributed by atoms with Crippen LogP contribution in [0.25, 0.3) is 11.0 Å². The molecule has 0 unspecified atom stereocenters. The number of hydrogen-bond acceptors (Lipinski definition) is 5. The summed E-state index contributed by atoms with van der Waals surface area (Å²) in [4.78, 5) is 40.9. The van der Waals surface area contributed by atoms with Crippen LogP contribution in [-0.4, -0.2) is 37.8 Å². The lowest BCUT2D eigenvalue weighted by Crippen LogP contribution is -2.38. The van der Waals surface area contributed by atoms with Crippen molar-refractivity contribution in [1.29, 1.82) is 0 Å². The van der Waals surface area contributed by atoms with Crippen molar-refractivity contribution in [2.75, 3.05) is 13.1 Å². The second kappa shape index (κ2) is 5.10. The summed E-state index contributed by atoms with van der Waals surface area (Å²) in [6, 6.07) is 0. The fraction of sp³-hybridized carbons (Fsp3) is 0.538. The van der Waals surface area contributed by atoms with E-state index in [1.807, 2.05) is 0 Å². The molecule has 7 nitrogen and oxygen atoms in total. The summed E-state index contributed by atoms with van der Waals surface area (Å²) in [6.45, 7) is 3.58. The zero-order valence-corrected chi connectivity index (χ0v) is 12.7. The zero-order chi connectivity index (χ0) is 15.1. The molecule has 0 spiro atoms. The Kier molecular flexibility index (Phi) is 3.40. The second-order valence-electron chi connectivity index (χ2n) is 5.50. The molecule has 0 bridgehead atoms. The van der Waals surface area contributed by atoms with Crippen molar-refractivity contribution in [1.82, 2.24) is 18.8 Å². The molecule has 3 heterocycles. The lowest BCUT2D eigenvalue weighted by Gasteiger charge is -2.29. The first-order chi connectivity index (χ1) is 9.99. The molecule has 8 heteroatoms. The summed E-state index contributed by atoms with van der Waals surface area (Å²) in [5.41, 5.74) is -0.599. The molecular weight excluding hydrogens is 292 g/mol. The summed E-state index contributed by atoms with van der Waals surface area (Å²) < 4.78 is 5.00. The minimum absolute atomic E-state index is 0.149. The van der Waals surface area contributed by atoms with Gasteiger partial charge in [0.2, 0.25) is 0 Å². The first-order valence-corrected chi connectivity index (χ1v) is 7.64. The van der Waals surface area contributed by atoms with E-state index in [0.29, 0.717) is 23.9 Å². The molecular formula is C13H16N4O3S. The molecule has 1 N–H and O–H groups in total. The van der Waals surface area contributed by atoms with Crippen molar-refractivity contribution in [3.63, 3.8) is 0 Å². The topological polar surface area (TPSA) is 88.1 Å². The van der Waals surface area contributed by atoms with E-state index in [4.69, 9.17) is 0 Å². The average Bonchev–Trinajstić information content (AvgIpc) is 2.88. The van der Waals surface area contributed by atoms with Gasteiger partial charge in [-0.05, 0) is 30.3 Å². The van der Waals surface area contributed by atoms with Gasteiger partial charge >= 0.3 is 5.69 Å². The number of fused-ring (bicyclic) bond motifs is 1. The minimum atomic E-state index is -0.533. The maximum absolute atomic E-state index is 12.6. The minimum Gasteiger partial charge on any atom is -0.338 e. The summed E-state index contributed by atoms with van der Waals surface area (Å²) in [7, 11) is 1.38. The van der Waals surface area contributed by atoms with Gasteiger partial charge in [0.05, 0.1) is 5.52 Å². The number of hydrogen-bond donors (Lipinski definition) is 1. The van der Waals surface area contributed by atoms with Crippen LogP contribution in [0.2, 0.25) is 0 Å². The molecule has 3 rings (SSSR count). The van der Waals surface area contributed by atoms with E-state index in [0.717, 1.165) is 28.9 Å². The quantitative estimate of drug-likeness (QED) is 0.833. The molecule has 1 aliphatic heterocycles. The van der Waals surface area contributed by atoms with Gasteiger partial charge in [-0.1, -0.05) is 6.92 Å². The van der Waals surface area contributed by atoms with Gasteiger partial charge in [0.1, 0.15) is 4.88 Å². The van der Waals surface area contributed by atoms with Crippen LogP contribution in [0.3, 0.4) is 0 Å². The fourth-order valence-corrected chi connectivity index (χ4v) is 3.29. The molecule has 2 aromatic rings. The Balaban J connectivity index is 2.03. The molecule has 21 heavy (non-hydrogen) atoms. The highest BCUT2D eigenvalue weighted by Crippen LogP contribution is 2.22. The third-order valence-electron chi connectivity index (χ3n) is 4.00. The van der Waals surface area contributed by atoms with Crippen molar-refractivity contribution >= 4 is 28.5 Å². The van der Waals surface area contributed by atoms with Crippen LogP contribution in [0.5, 0.6) is 0 Å². The van der Waals surface area contributed by atoms with E-state index in [2.05, 4.69) is 16.3 Å². The number of aromatic amines is 1. The SMILES string of the molecule is CC1CCN(C(=O)c2snc3c(=O)n(C)c(=O)[nH]c23)CC1. The number of H-pyrrole nitrogens is 1. The van der Waals surface area contributed by atoms with E-state index in [-0.39, 0.29) is 16.9 Å². The van der Waals surface area contributed by atoms with Crippen LogP contribution in [-0.2, 0) is 7.05 Å². The van der Waals surface area contributed by atoms with Gasteiger partial charge in [-0.3, -0.25) is 14.2 Å². The van der Waals surface area contributed by atoms with Crippen molar-refractivity contribution in [3.8, 4) is 0 Å². The Morgan fingerprint density at radius 3 is 2.67 bits per heavy atom. The molecule has 1 aliphatic rings. The summed E-state index contributed by atoms with van der Waals surface area (Å²) in [5, 5.41) is 0. The lowest BCUT2D eigenvalue weighted by atomic mass is 9.99. The Hall–Kier alpha value is -1.96. The predicted octanol–water partition coefficient (Wildman–Crippen LogP) is 0.555. The van der Waals surface area contributed by atoms with Crippen LogP contribution in [0.1, 0.15) is 29.4 Å². The molecule has 1 fully saturated rings. The average molecular weight is 308 g/mol. The van der Waals surface area contributed by atoms with Crippen LogP contribution in [0.15, 0.2) is 9.59 Å². The summed E-state index contributed by atoms with van der Waals surface area (Å²) in [5.74, 6) is 0.470. The fourth-order valence-electron chi connectivity index (χ4n) is 2.50. The van der Waals surface area contributed by atoms with E-state index < -0.39 is 11.2 Å². The normalized spacial score (nSPS) is 16.6. The standard InChI is InChI=1S/C13H16N4O3S/c1-7-3-5-17(6-4-7)12(19)10-8-9(15-21-10)11(18)16(2)13(20)14-8/h7H,3-6H2,1-2H3,(H,14,20). The number of carbonyl (C=O) groups is 1. The monoisotopic (exact) mass is 308 g/mol. The van der Waals surface area contributed by atoms with Crippen LogP contribution >= 0.6 is 11.5 Å². The lowest BCUT2D eigenvalue weighted by molar-refractivity contribution is 0.0703. The van der Waals surface area contributed by atoms with E-state index in [1.54, 1.807) is 4.90 Å². The number of nitrogens with one attached hydrogen (secondary N) is 1. The van der Waals surface area contributed by atoms with Gasteiger partial charge in [-0.15, -0.1) is 0 Å². The highest BCUT2D eigenvalue weighted by atomic mass is 32.1. The molecule has 0 radical (unpaired) electrons. The van der Waals surface area contributed by atoms with Crippen molar-refractivity contribution < 1.29 is 4.79 Å². The first kappa shape index (κ1) is 14.0. The largest absolute Gasteiger partial charge is 0.338 e. The number of piperidine rings is 1. The molecule has 0 aliphatic carbocycles. The smallest absolute Gasteiger partial charge is 0.328 e. The third kappa shape index (κ3) is 2.29. The van der Waals surface area contributed by atoms with Crippen LogP contribution in [0, 0.1) is 5.92 Å². The van der Waals surface area contributed by atoms with E-state index in [1.165, 1.54) is 7.05 Å². The number of amides is 1. The number of likely N-dealkylation sites (tertiary alicyclic amines) is 1. The van der Waals surface area contributed by atoms with Crippen LogP contribution < -0.4 is 11.2 Å². The van der Waals surface area contributed by atoms with Gasteiger partial charge in [0.25, 0.3) is 11.5 Å². The van der Waals surface area contributed by atoms with Gasteiger partial charge in [-0.2, -0.15) is 4.37 Å². The van der Waals surface area contributed by atoms with Gasteiger partial charge in [0.15, 0.2) is 5.52 Å². The molecule has 0 saturated carbocycles. The van der Waals surface area contributed by atoms with Crippen molar-refractivity contribution in [2.24, 2.45) is 13.0 Å². The molecule has 2 aromatic heterocycles. The highest BCUT2D eigenvalue weighted by Gasteiger charge is 2.26. The Morgan fingerprint density at radius 1 is 1.33 bits per heavy atom. The van der Waals surface area contributed by atoms with Gasteiger partial charge in [-0.25, -0.2) is 4.79 Å². The maximum Gasteiger partial charge on any atom is 0.328 e. The summed E-state index contributed by atoms with van der Waals surface area (Å²) >= 11 is 0.972. The van der Waals surface area contributed by atoms with E-state index in [9.17, 15) is 14.4 Å². The van der Waals surface area contributed by atoms with E-state index >= 15 is 0 Å². The Morgan fingerprint density at radius 2 is 2.00 bits per heavy atom. The number of carbonyl (C=O) groups excluding carboxylic acids is 1. The molecule has 1 saturated heterocycles. The third-order valence-corrected chi connectivity index (χ3v) is 4.84. The number of rotatable bonds is 1. The Labute approximate surface area is 124 Å². The zero-order valence-electron chi connectivity index (χ0n) is 11.9. The maximum atomic E-state index is 12.6. The van der Waals surface area contributed by atoms with Gasteiger partial charge in [0, 0.05) is 20.1 Å².